The highest BCUT2D eigenvalue weighted by Crippen LogP contribution is 2.25. The molecule has 0 unspecified atom stereocenters. The highest BCUT2D eigenvalue weighted by atomic mass is 35.5. The minimum Gasteiger partial charge on any atom is -0.298 e. The lowest BCUT2D eigenvalue weighted by atomic mass is 10.1. The van der Waals surface area contributed by atoms with Crippen molar-refractivity contribution in [2.45, 2.75) is 25.8 Å². The van der Waals surface area contributed by atoms with E-state index in [0.717, 1.165) is 15.8 Å². The van der Waals surface area contributed by atoms with Crippen LogP contribution in [-0.4, -0.2) is 20.5 Å². The van der Waals surface area contributed by atoms with Crippen molar-refractivity contribution in [2.24, 2.45) is 0 Å². The number of hydrogen-bond donors (Lipinski definition) is 1. The van der Waals surface area contributed by atoms with Gasteiger partial charge in [-0.15, -0.1) is 5.10 Å². The minimum absolute atomic E-state index is 0.0841. The molecule has 3 rings (SSSR count). The largest absolute Gasteiger partial charge is 0.343 e. The summed E-state index contributed by atoms with van der Waals surface area (Å²) >= 11 is 18.1. The van der Waals surface area contributed by atoms with Gasteiger partial charge in [-0.05, 0) is 54.8 Å². The fourth-order valence-electron chi connectivity index (χ4n) is 2.68. The number of nitrogens with zero attached hydrogens (tertiary/aromatic N) is 2. The van der Waals surface area contributed by atoms with Crippen LogP contribution in [-0.2, 0) is 17.8 Å². The number of H-pyrrole nitrogens is 1. The number of halogens is 3. The number of Topliss-reactive ketones (excluding diaryl/α,β-unsaturated/α-hetero) is 1. The van der Waals surface area contributed by atoms with Crippen molar-refractivity contribution >= 4 is 40.6 Å². The zero-order chi connectivity index (χ0) is 19.4. The van der Waals surface area contributed by atoms with Gasteiger partial charge in [0.05, 0.1) is 0 Å². The van der Waals surface area contributed by atoms with Gasteiger partial charge in [0, 0.05) is 27.1 Å². The van der Waals surface area contributed by atoms with Gasteiger partial charge in [-0.2, -0.15) is 0 Å². The minimum atomic E-state index is -0.428. The van der Waals surface area contributed by atoms with Gasteiger partial charge < -0.3 is 0 Å². The van der Waals surface area contributed by atoms with Crippen molar-refractivity contribution in [1.82, 2.24) is 14.8 Å². The molecule has 0 aliphatic rings. The SMILES string of the molecule is O=C(CCCc1c(Cl)cccc1Cl)Cn1nc(-c2ccc(Cl)cc2)[nH]c1=O. The summed E-state index contributed by atoms with van der Waals surface area (Å²) < 4.78 is 1.13. The zero-order valence-electron chi connectivity index (χ0n) is 14.2. The Morgan fingerprint density at radius 3 is 2.37 bits per heavy atom. The van der Waals surface area contributed by atoms with Crippen LogP contribution in [0.15, 0.2) is 47.3 Å². The molecule has 0 spiro atoms. The van der Waals surface area contributed by atoms with Gasteiger partial charge >= 0.3 is 5.69 Å². The summed E-state index contributed by atoms with van der Waals surface area (Å²) in [6.45, 7) is -0.0841. The number of aromatic amines is 1. The second-order valence-corrected chi connectivity index (χ2v) is 7.29. The highest BCUT2D eigenvalue weighted by Gasteiger charge is 2.12. The molecule has 0 amide bonds. The number of nitrogens with one attached hydrogen (secondary N) is 1. The van der Waals surface area contributed by atoms with E-state index in [1.54, 1.807) is 42.5 Å². The van der Waals surface area contributed by atoms with Crippen LogP contribution in [0.3, 0.4) is 0 Å². The average Bonchev–Trinajstić information content (AvgIpc) is 2.98. The van der Waals surface area contributed by atoms with Gasteiger partial charge in [-0.25, -0.2) is 9.48 Å². The molecule has 0 aliphatic heterocycles. The lowest BCUT2D eigenvalue weighted by molar-refractivity contribution is -0.119. The summed E-state index contributed by atoms with van der Waals surface area (Å²) in [7, 11) is 0. The quantitative estimate of drug-likeness (QED) is 0.593. The van der Waals surface area contributed by atoms with E-state index in [2.05, 4.69) is 10.1 Å². The Hall–Kier alpha value is -2.08. The number of rotatable bonds is 7. The maximum atomic E-state index is 12.2. The van der Waals surface area contributed by atoms with Crippen LogP contribution < -0.4 is 5.69 Å². The van der Waals surface area contributed by atoms with Gasteiger partial charge in [-0.3, -0.25) is 9.78 Å². The summed E-state index contributed by atoms with van der Waals surface area (Å²) in [6, 6.07) is 12.2. The molecule has 0 radical (unpaired) electrons. The molecule has 0 bridgehead atoms. The molecular formula is C19H16Cl3N3O2. The maximum Gasteiger partial charge on any atom is 0.343 e. The lowest BCUT2D eigenvalue weighted by Crippen LogP contribution is -2.23. The van der Waals surface area contributed by atoms with E-state index in [9.17, 15) is 9.59 Å². The highest BCUT2D eigenvalue weighted by molar-refractivity contribution is 6.36. The van der Waals surface area contributed by atoms with E-state index in [4.69, 9.17) is 34.8 Å². The Bertz CT molecular complexity index is 990. The van der Waals surface area contributed by atoms with E-state index in [1.165, 1.54) is 0 Å². The fraction of sp³-hybridized carbons (Fsp3) is 0.211. The van der Waals surface area contributed by atoms with Crippen molar-refractivity contribution in [3.05, 3.63) is 73.6 Å². The molecule has 0 saturated carbocycles. The third kappa shape index (κ3) is 5.01. The van der Waals surface area contributed by atoms with E-state index in [0.29, 0.717) is 40.2 Å². The topological polar surface area (TPSA) is 67.8 Å². The molecule has 1 N–H and O–H groups in total. The number of hydrogen-bond acceptors (Lipinski definition) is 3. The third-order valence-corrected chi connectivity index (χ3v) is 5.03. The molecule has 3 aromatic rings. The Kier molecular flexibility index (Phi) is 6.37. The average molecular weight is 425 g/mol. The Morgan fingerprint density at radius 1 is 1.04 bits per heavy atom. The Labute approximate surface area is 170 Å². The smallest absolute Gasteiger partial charge is 0.298 e. The molecule has 2 aromatic carbocycles. The van der Waals surface area contributed by atoms with Gasteiger partial charge in [-0.1, -0.05) is 40.9 Å². The van der Waals surface area contributed by atoms with E-state index in [-0.39, 0.29) is 12.3 Å². The summed E-state index contributed by atoms with van der Waals surface area (Å²) in [6.07, 6.45) is 1.48. The van der Waals surface area contributed by atoms with Crippen LogP contribution >= 0.6 is 34.8 Å². The molecule has 0 saturated heterocycles. The molecule has 140 valence electrons. The lowest BCUT2D eigenvalue weighted by Gasteiger charge is -2.06. The maximum absolute atomic E-state index is 12.2. The molecule has 8 heteroatoms. The van der Waals surface area contributed by atoms with Crippen molar-refractivity contribution in [3.63, 3.8) is 0 Å². The zero-order valence-corrected chi connectivity index (χ0v) is 16.5. The number of aromatic nitrogens is 3. The standard InChI is InChI=1S/C19H16Cl3N3O2/c20-13-9-7-12(8-10-13)18-23-19(27)25(24-18)11-14(26)3-1-4-15-16(21)5-2-6-17(15)22/h2,5-10H,1,3-4,11H2,(H,23,24,27). The summed E-state index contributed by atoms with van der Waals surface area (Å²) in [5.74, 6) is 0.307. The van der Waals surface area contributed by atoms with Gasteiger partial charge in [0.25, 0.3) is 0 Å². The fourth-order valence-corrected chi connectivity index (χ4v) is 3.39. The van der Waals surface area contributed by atoms with Crippen molar-refractivity contribution in [3.8, 4) is 11.4 Å². The second kappa shape index (κ2) is 8.74. The first kappa shape index (κ1) is 19.7. The van der Waals surface area contributed by atoms with E-state index in [1.807, 2.05) is 0 Å². The number of carbonyl (C=O) groups excluding carboxylic acids is 1. The van der Waals surface area contributed by atoms with Crippen molar-refractivity contribution in [1.29, 1.82) is 0 Å². The third-order valence-electron chi connectivity index (χ3n) is 4.07. The van der Waals surface area contributed by atoms with Crippen LogP contribution in [0.25, 0.3) is 11.4 Å². The molecule has 27 heavy (non-hydrogen) atoms. The molecule has 1 heterocycles. The van der Waals surface area contributed by atoms with Crippen LogP contribution in [0.2, 0.25) is 15.1 Å². The van der Waals surface area contributed by atoms with Gasteiger partial charge in [0.1, 0.15) is 6.54 Å². The first-order valence-corrected chi connectivity index (χ1v) is 9.45. The molecule has 5 nitrogen and oxygen atoms in total. The van der Waals surface area contributed by atoms with Crippen LogP contribution in [0.1, 0.15) is 18.4 Å². The molecule has 0 aliphatic carbocycles. The predicted octanol–water partition coefficient (Wildman–Crippen LogP) is 4.79. The number of benzene rings is 2. The molecule has 1 aromatic heterocycles. The van der Waals surface area contributed by atoms with Crippen molar-refractivity contribution < 1.29 is 4.79 Å². The van der Waals surface area contributed by atoms with E-state index < -0.39 is 5.69 Å². The summed E-state index contributed by atoms with van der Waals surface area (Å²) in [5, 5.41) is 5.96. The molecular weight excluding hydrogens is 409 g/mol. The first-order chi connectivity index (χ1) is 12.9. The second-order valence-electron chi connectivity index (χ2n) is 6.04. The van der Waals surface area contributed by atoms with Crippen LogP contribution in [0.4, 0.5) is 0 Å². The van der Waals surface area contributed by atoms with E-state index >= 15 is 0 Å². The monoisotopic (exact) mass is 423 g/mol. The normalized spacial score (nSPS) is 10.9. The number of ketones is 1. The number of carbonyl (C=O) groups is 1. The van der Waals surface area contributed by atoms with Crippen molar-refractivity contribution in [2.75, 3.05) is 0 Å². The molecule has 0 fully saturated rings. The van der Waals surface area contributed by atoms with Gasteiger partial charge in [0.2, 0.25) is 0 Å². The van der Waals surface area contributed by atoms with Gasteiger partial charge in [0.15, 0.2) is 11.6 Å². The molecule has 0 atom stereocenters. The van der Waals surface area contributed by atoms with Crippen LogP contribution in [0, 0.1) is 0 Å². The Balaban J connectivity index is 1.60. The predicted molar refractivity (Wildman–Crippen MR) is 108 cm³/mol. The summed E-state index contributed by atoms with van der Waals surface area (Å²) in [5.41, 5.74) is 1.12. The summed E-state index contributed by atoms with van der Waals surface area (Å²) in [4.78, 5) is 26.9. The van der Waals surface area contributed by atoms with Crippen LogP contribution in [0.5, 0.6) is 0 Å². The first-order valence-electron chi connectivity index (χ1n) is 8.31. The Morgan fingerprint density at radius 2 is 1.70 bits per heavy atom.